The molecule has 1 aliphatic rings. The Morgan fingerprint density at radius 3 is 3.00 bits per heavy atom. The van der Waals surface area contributed by atoms with Gasteiger partial charge in [-0.3, -0.25) is 4.21 Å². The highest BCUT2D eigenvalue weighted by atomic mass is 32.2. The summed E-state index contributed by atoms with van der Waals surface area (Å²) < 4.78 is 27.3. The van der Waals surface area contributed by atoms with E-state index in [1.54, 1.807) is 7.11 Å². The first-order valence-corrected chi connectivity index (χ1v) is 7.68. The lowest BCUT2D eigenvalue weighted by Gasteiger charge is -2.12. The third kappa shape index (κ3) is 3.92. The zero-order chi connectivity index (χ0) is 13.7. The molecular formula is C13H19NO4S. The molecule has 0 amide bonds. The van der Waals surface area contributed by atoms with Gasteiger partial charge in [0.25, 0.3) is 0 Å². The van der Waals surface area contributed by atoms with Gasteiger partial charge in [-0.25, -0.2) is 0 Å². The van der Waals surface area contributed by atoms with Gasteiger partial charge in [0, 0.05) is 42.1 Å². The smallest absolute Gasteiger partial charge is 0.231 e. The summed E-state index contributed by atoms with van der Waals surface area (Å²) in [6.45, 7) is 0.877. The summed E-state index contributed by atoms with van der Waals surface area (Å²) in [5.41, 5.74) is 6.99. The van der Waals surface area contributed by atoms with Gasteiger partial charge in [0.15, 0.2) is 11.5 Å². The Labute approximate surface area is 115 Å². The Bertz CT molecular complexity index is 452. The third-order valence-corrected chi connectivity index (χ3v) is 4.39. The number of methoxy groups -OCH3 is 1. The normalized spacial score (nSPS) is 16.3. The minimum Gasteiger partial charge on any atom is -0.454 e. The van der Waals surface area contributed by atoms with Crippen LogP contribution >= 0.6 is 0 Å². The molecule has 2 N–H and O–H groups in total. The molecule has 1 heterocycles. The van der Waals surface area contributed by atoms with Crippen LogP contribution in [-0.2, 0) is 15.5 Å². The van der Waals surface area contributed by atoms with Gasteiger partial charge >= 0.3 is 0 Å². The van der Waals surface area contributed by atoms with Gasteiger partial charge in [-0.15, -0.1) is 0 Å². The van der Waals surface area contributed by atoms with Crippen molar-refractivity contribution in [2.24, 2.45) is 5.73 Å². The summed E-state index contributed by atoms with van der Waals surface area (Å²) in [6, 6.07) is 5.34. The molecular weight excluding hydrogens is 266 g/mol. The summed E-state index contributed by atoms with van der Waals surface area (Å²) in [7, 11) is 0.713. The van der Waals surface area contributed by atoms with Crippen LogP contribution in [0.4, 0.5) is 0 Å². The number of hydrogen-bond donors (Lipinski definition) is 1. The van der Waals surface area contributed by atoms with E-state index in [1.165, 1.54) is 0 Å². The van der Waals surface area contributed by atoms with E-state index in [-0.39, 0.29) is 12.8 Å². The quantitative estimate of drug-likeness (QED) is 0.762. The Morgan fingerprint density at radius 1 is 1.42 bits per heavy atom. The first-order valence-electron chi connectivity index (χ1n) is 6.19. The van der Waals surface area contributed by atoms with Crippen molar-refractivity contribution < 1.29 is 18.4 Å². The highest BCUT2D eigenvalue weighted by Crippen LogP contribution is 2.33. The summed E-state index contributed by atoms with van der Waals surface area (Å²) in [4.78, 5) is 0. The largest absolute Gasteiger partial charge is 0.454 e. The monoisotopic (exact) mass is 285 g/mol. The van der Waals surface area contributed by atoms with Crippen LogP contribution in [0.5, 0.6) is 11.5 Å². The topological polar surface area (TPSA) is 70.8 Å². The second kappa shape index (κ2) is 6.88. The average molecular weight is 285 g/mol. The Hall–Kier alpha value is -1.11. The van der Waals surface area contributed by atoms with E-state index >= 15 is 0 Å². The maximum Gasteiger partial charge on any atom is 0.231 e. The Kier molecular flexibility index (Phi) is 5.18. The van der Waals surface area contributed by atoms with Crippen LogP contribution in [0.3, 0.4) is 0 Å². The van der Waals surface area contributed by atoms with E-state index in [4.69, 9.17) is 19.9 Å². The van der Waals surface area contributed by atoms with Gasteiger partial charge < -0.3 is 19.9 Å². The van der Waals surface area contributed by atoms with Crippen molar-refractivity contribution in [2.45, 2.75) is 12.5 Å². The van der Waals surface area contributed by atoms with Crippen molar-refractivity contribution in [3.63, 3.8) is 0 Å². The maximum absolute atomic E-state index is 11.9. The second-order valence-electron chi connectivity index (χ2n) is 4.38. The van der Waals surface area contributed by atoms with Crippen molar-refractivity contribution in [1.29, 1.82) is 0 Å². The van der Waals surface area contributed by atoms with Gasteiger partial charge in [0.05, 0.1) is 0 Å². The minimum absolute atomic E-state index is 0.247. The summed E-state index contributed by atoms with van der Waals surface area (Å²) in [6.07, 6.45) is 0.789. The molecule has 2 atom stereocenters. The van der Waals surface area contributed by atoms with E-state index in [1.807, 2.05) is 18.2 Å². The van der Waals surface area contributed by atoms with Crippen LogP contribution in [0.15, 0.2) is 18.2 Å². The standard InChI is InChI=1S/C13H19NO4S/c1-16-5-2-6-19(15)8-11(14)10-3-4-12-13(7-10)18-9-17-12/h3-4,7,11H,2,5-6,8-9,14H2,1H3. The van der Waals surface area contributed by atoms with Gasteiger partial charge in [0.2, 0.25) is 6.79 Å². The van der Waals surface area contributed by atoms with Crippen molar-refractivity contribution in [3.05, 3.63) is 23.8 Å². The van der Waals surface area contributed by atoms with Crippen LogP contribution in [0.2, 0.25) is 0 Å². The van der Waals surface area contributed by atoms with Crippen LogP contribution in [0, 0.1) is 0 Å². The van der Waals surface area contributed by atoms with Crippen LogP contribution < -0.4 is 15.2 Å². The fourth-order valence-corrected chi connectivity index (χ4v) is 3.09. The molecule has 2 rings (SSSR count). The van der Waals surface area contributed by atoms with Crippen molar-refractivity contribution >= 4 is 10.8 Å². The van der Waals surface area contributed by atoms with Gasteiger partial charge in [-0.05, 0) is 24.1 Å². The van der Waals surface area contributed by atoms with E-state index in [9.17, 15) is 4.21 Å². The molecule has 0 saturated carbocycles. The molecule has 2 unspecified atom stereocenters. The fraction of sp³-hybridized carbons (Fsp3) is 0.538. The molecule has 106 valence electrons. The molecule has 0 aliphatic carbocycles. The number of fused-ring (bicyclic) bond motifs is 1. The summed E-state index contributed by atoms with van der Waals surface area (Å²) in [5, 5.41) is 0. The van der Waals surface area contributed by atoms with Crippen LogP contribution in [0.1, 0.15) is 18.0 Å². The predicted molar refractivity (Wildman–Crippen MR) is 73.9 cm³/mol. The lowest BCUT2D eigenvalue weighted by Crippen LogP contribution is -2.20. The molecule has 19 heavy (non-hydrogen) atoms. The van der Waals surface area contributed by atoms with E-state index in [0.29, 0.717) is 23.9 Å². The average Bonchev–Trinajstić information content (AvgIpc) is 2.86. The molecule has 0 bridgehead atoms. The molecule has 0 saturated heterocycles. The molecule has 1 aromatic rings. The Balaban J connectivity index is 1.89. The third-order valence-electron chi connectivity index (χ3n) is 2.91. The first kappa shape index (κ1) is 14.3. The highest BCUT2D eigenvalue weighted by molar-refractivity contribution is 7.85. The molecule has 6 heteroatoms. The molecule has 0 aromatic heterocycles. The molecule has 5 nitrogen and oxygen atoms in total. The molecule has 1 aliphatic heterocycles. The molecule has 0 spiro atoms. The molecule has 0 radical (unpaired) electrons. The van der Waals surface area contributed by atoms with Crippen LogP contribution in [0.25, 0.3) is 0 Å². The first-order chi connectivity index (χ1) is 9.20. The lowest BCUT2D eigenvalue weighted by atomic mass is 10.1. The Morgan fingerprint density at radius 2 is 2.21 bits per heavy atom. The lowest BCUT2D eigenvalue weighted by molar-refractivity contribution is 0.174. The number of hydrogen-bond acceptors (Lipinski definition) is 5. The van der Waals surface area contributed by atoms with Gasteiger partial charge in [0.1, 0.15) is 0 Å². The summed E-state index contributed by atoms with van der Waals surface area (Å²) in [5.74, 6) is 2.51. The highest BCUT2D eigenvalue weighted by Gasteiger charge is 2.17. The second-order valence-corrected chi connectivity index (χ2v) is 6.00. The molecule has 1 aromatic carbocycles. The number of nitrogens with two attached hydrogens (primary N) is 1. The van der Waals surface area contributed by atoms with E-state index in [0.717, 1.165) is 17.7 Å². The number of ether oxygens (including phenoxy) is 3. The zero-order valence-electron chi connectivity index (χ0n) is 11.0. The van der Waals surface area contributed by atoms with Crippen molar-refractivity contribution in [2.75, 3.05) is 32.0 Å². The van der Waals surface area contributed by atoms with E-state index < -0.39 is 10.8 Å². The minimum atomic E-state index is -0.927. The van der Waals surface area contributed by atoms with Crippen molar-refractivity contribution in [3.8, 4) is 11.5 Å². The fourth-order valence-electron chi connectivity index (χ4n) is 1.89. The van der Waals surface area contributed by atoms with Crippen LogP contribution in [-0.4, -0.2) is 36.2 Å². The number of benzene rings is 1. The van der Waals surface area contributed by atoms with E-state index in [2.05, 4.69) is 0 Å². The SMILES string of the molecule is COCCCS(=O)CC(N)c1ccc2c(c1)OCO2. The maximum atomic E-state index is 11.9. The van der Waals surface area contributed by atoms with Crippen molar-refractivity contribution in [1.82, 2.24) is 0 Å². The molecule has 0 fully saturated rings. The van der Waals surface area contributed by atoms with Gasteiger partial charge in [-0.2, -0.15) is 0 Å². The zero-order valence-corrected chi connectivity index (χ0v) is 11.8. The van der Waals surface area contributed by atoms with Gasteiger partial charge in [-0.1, -0.05) is 6.07 Å². The summed E-state index contributed by atoms with van der Waals surface area (Å²) >= 11 is 0. The number of rotatable bonds is 7. The predicted octanol–water partition coefficient (Wildman–Crippen LogP) is 1.20.